The predicted octanol–water partition coefficient (Wildman–Crippen LogP) is 4.21. The Morgan fingerprint density at radius 2 is 2.00 bits per heavy atom. The van der Waals surface area contributed by atoms with Gasteiger partial charge < -0.3 is 5.43 Å². The molecule has 0 saturated carbocycles. The first-order valence-electron chi connectivity index (χ1n) is 7.91. The number of allylic oxidation sites excluding steroid dienone is 4. The molecule has 0 bridgehead atoms. The molecule has 0 saturated heterocycles. The standard InChI is InChI=1S/C19H22N2/c1-12-7-6-9-15-18(12)13(2)11-17-19(15)14-8-4-5-10-16(14)21(17)20-3/h4-10,12-13,18,20H,11H2,1-3H3. The average molecular weight is 278 g/mol. The summed E-state index contributed by atoms with van der Waals surface area (Å²) in [5, 5.41) is 1.38. The molecule has 4 rings (SSSR count). The second-order valence-electron chi connectivity index (χ2n) is 6.47. The van der Waals surface area contributed by atoms with Gasteiger partial charge in [-0.3, -0.25) is 4.68 Å². The number of nitrogens with zero attached hydrogens (tertiary/aromatic N) is 1. The lowest BCUT2D eigenvalue weighted by molar-refractivity contribution is 0.351. The lowest BCUT2D eigenvalue weighted by atomic mass is 9.68. The Bertz CT molecular complexity index is 763. The molecular weight excluding hydrogens is 256 g/mol. The van der Waals surface area contributed by atoms with Gasteiger partial charge in [-0.05, 0) is 35.8 Å². The molecule has 2 aromatic rings. The van der Waals surface area contributed by atoms with Crippen molar-refractivity contribution in [2.24, 2.45) is 17.8 Å². The van der Waals surface area contributed by atoms with Crippen molar-refractivity contribution in [3.8, 4) is 0 Å². The molecule has 2 nitrogen and oxygen atoms in total. The van der Waals surface area contributed by atoms with Crippen molar-refractivity contribution in [3.63, 3.8) is 0 Å². The average Bonchev–Trinajstić information content (AvgIpc) is 2.80. The van der Waals surface area contributed by atoms with Gasteiger partial charge in [0.05, 0.1) is 5.52 Å². The van der Waals surface area contributed by atoms with Crippen LogP contribution >= 0.6 is 0 Å². The molecule has 3 atom stereocenters. The van der Waals surface area contributed by atoms with E-state index in [1.807, 2.05) is 7.05 Å². The lowest BCUT2D eigenvalue weighted by Gasteiger charge is -2.37. The number of aromatic nitrogens is 1. The molecule has 2 aliphatic carbocycles. The largest absolute Gasteiger partial charge is 0.329 e. The molecule has 21 heavy (non-hydrogen) atoms. The molecule has 0 amide bonds. The van der Waals surface area contributed by atoms with Crippen molar-refractivity contribution < 1.29 is 0 Å². The Morgan fingerprint density at radius 3 is 2.81 bits per heavy atom. The Balaban J connectivity index is 2.06. The van der Waals surface area contributed by atoms with E-state index in [2.05, 4.69) is 66.4 Å². The first-order chi connectivity index (χ1) is 10.2. The van der Waals surface area contributed by atoms with Crippen molar-refractivity contribution in [2.45, 2.75) is 20.3 Å². The fourth-order valence-electron chi connectivity index (χ4n) is 4.42. The molecule has 1 aromatic heterocycles. The van der Waals surface area contributed by atoms with Crippen LogP contribution in [-0.2, 0) is 6.42 Å². The van der Waals surface area contributed by atoms with Gasteiger partial charge in [-0.1, -0.05) is 50.3 Å². The summed E-state index contributed by atoms with van der Waals surface area (Å²) in [6, 6.07) is 8.75. The van der Waals surface area contributed by atoms with E-state index in [1.165, 1.54) is 27.7 Å². The fraction of sp³-hybridized carbons (Fsp3) is 0.368. The highest BCUT2D eigenvalue weighted by molar-refractivity contribution is 5.97. The van der Waals surface area contributed by atoms with Crippen molar-refractivity contribution >= 4 is 16.5 Å². The first-order valence-corrected chi connectivity index (χ1v) is 7.91. The van der Waals surface area contributed by atoms with Crippen LogP contribution in [0.25, 0.3) is 16.5 Å². The molecule has 0 aliphatic heterocycles. The Kier molecular flexibility index (Phi) is 2.75. The van der Waals surface area contributed by atoms with Gasteiger partial charge in [0, 0.05) is 23.7 Å². The Hall–Kier alpha value is -1.96. The van der Waals surface area contributed by atoms with E-state index in [4.69, 9.17) is 0 Å². The number of nitrogens with one attached hydrogen (secondary N) is 1. The zero-order valence-electron chi connectivity index (χ0n) is 12.9. The van der Waals surface area contributed by atoms with Crippen LogP contribution in [0.15, 0.2) is 42.5 Å². The van der Waals surface area contributed by atoms with Crippen LogP contribution in [0.5, 0.6) is 0 Å². The molecule has 108 valence electrons. The third-order valence-corrected chi connectivity index (χ3v) is 5.23. The highest BCUT2D eigenvalue weighted by atomic mass is 15.4. The zero-order valence-corrected chi connectivity index (χ0v) is 12.9. The number of hydrogen-bond donors (Lipinski definition) is 1. The Morgan fingerprint density at radius 1 is 1.19 bits per heavy atom. The molecule has 0 fully saturated rings. The molecule has 2 heteroatoms. The molecule has 3 unspecified atom stereocenters. The quantitative estimate of drug-likeness (QED) is 0.826. The maximum Gasteiger partial charge on any atom is 0.0701 e. The first kappa shape index (κ1) is 12.8. The highest BCUT2D eigenvalue weighted by Crippen LogP contribution is 2.48. The zero-order chi connectivity index (χ0) is 14.6. The molecule has 0 radical (unpaired) electrons. The molecule has 2 aliphatic rings. The molecule has 1 N–H and O–H groups in total. The van der Waals surface area contributed by atoms with Crippen LogP contribution in [0.2, 0.25) is 0 Å². The Labute approximate surface area is 126 Å². The highest BCUT2D eigenvalue weighted by Gasteiger charge is 2.37. The topological polar surface area (TPSA) is 17.0 Å². The third-order valence-electron chi connectivity index (χ3n) is 5.23. The van der Waals surface area contributed by atoms with E-state index >= 15 is 0 Å². The van der Waals surface area contributed by atoms with E-state index in [-0.39, 0.29) is 0 Å². The minimum atomic E-state index is 0.629. The molecular formula is C19H22N2. The molecule has 1 heterocycles. The SMILES string of the molecule is CNn1c2c(c3ccccc31)C1=CC=CC(C)C1C(C)C2. The summed E-state index contributed by atoms with van der Waals surface area (Å²) in [5.41, 5.74) is 9.11. The summed E-state index contributed by atoms with van der Waals surface area (Å²) in [5.74, 6) is 1.96. The number of fused-ring (bicyclic) bond motifs is 5. The fourth-order valence-corrected chi connectivity index (χ4v) is 4.42. The van der Waals surface area contributed by atoms with Gasteiger partial charge in [-0.25, -0.2) is 0 Å². The minimum Gasteiger partial charge on any atom is -0.329 e. The third kappa shape index (κ3) is 1.65. The van der Waals surface area contributed by atoms with Gasteiger partial charge in [0.1, 0.15) is 0 Å². The van der Waals surface area contributed by atoms with Gasteiger partial charge in [0.25, 0.3) is 0 Å². The second-order valence-corrected chi connectivity index (χ2v) is 6.47. The minimum absolute atomic E-state index is 0.629. The lowest BCUT2D eigenvalue weighted by Crippen LogP contribution is -2.29. The van der Waals surface area contributed by atoms with Crippen molar-refractivity contribution in [1.29, 1.82) is 0 Å². The van der Waals surface area contributed by atoms with E-state index in [0.29, 0.717) is 17.8 Å². The van der Waals surface area contributed by atoms with Crippen molar-refractivity contribution in [3.05, 3.63) is 53.8 Å². The van der Waals surface area contributed by atoms with Gasteiger partial charge in [-0.15, -0.1) is 0 Å². The van der Waals surface area contributed by atoms with Crippen LogP contribution in [0.1, 0.15) is 25.1 Å². The summed E-state index contributed by atoms with van der Waals surface area (Å²) in [6.45, 7) is 4.75. The maximum atomic E-state index is 3.38. The molecule has 0 spiro atoms. The van der Waals surface area contributed by atoms with Gasteiger partial charge >= 0.3 is 0 Å². The van der Waals surface area contributed by atoms with Crippen LogP contribution < -0.4 is 5.43 Å². The number of para-hydroxylation sites is 1. The summed E-state index contributed by atoms with van der Waals surface area (Å²) in [6.07, 6.45) is 8.08. The van der Waals surface area contributed by atoms with E-state index < -0.39 is 0 Å². The van der Waals surface area contributed by atoms with Crippen LogP contribution in [0.3, 0.4) is 0 Å². The van der Waals surface area contributed by atoms with Crippen LogP contribution in [0, 0.1) is 17.8 Å². The number of rotatable bonds is 1. The van der Waals surface area contributed by atoms with Gasteiger partial charge in [0.15, 0.2) is 0 Å². The van der Waals surface area contributed by atoms with Crippen LogP contribution in [0.4, 0.5) is 0 Å². The smallest absolute Gasteiger partial charge is 0.0701 e. The van der Waals surface area contributed by atoms with E-state index in [0.717, 1.165) is 6.42 Å². The van der Waals surface area contributed by atoms with Crippen LogP contribution in [-0.4, -0.2) is 11.7 Å². The van der Waals surface area contributed by atoms with Crippen molar-refractivity contribution in [1.82, 2.24) is 4.68 Å². The summed E-state index contributed by atoms with van der Waals surface area (Å²) in [4.78, 5) is 0. The van der Waals surface area contributed by atoms with E-state index in [9.17, 15) is 0 Å². The number of benzene rings is 1. The normalized spacial score (nSPS) is 27.2. The summed E-state index contributed by atoms with van der Waals surface area (Å²) < 4.78 is 2.28. The monoisotopic (exact) mass is 278 g/mol. The van der Waals surface area contributed by atoms with Gasteiger partial charge in [-0.2, -0.15) is 0 Å². The predicted molar refractivity (Wildman–Crippen MR) is 89.9 cm³/mol. The van der Waals surface area contributed by atoms with Gasteiger partial charge in [0.2, 0.25) is 0 Å². The number of hydrogen-bond acceptors (Lipinski definition) is 1. The van der Waals surface area contributed by atoms with Crippen molar-refractivity contribution in [2.75, 3.05) is 12.5 Å². The molecule has 1 aromatic carbocycles. The second kappa shape index (κ2) is 4.52. The maximum absolute atomic E-state index is 3.38. The summed E-state index contributed by atoms with van der Waals surface area (Å²) in [7, 11) is 2.02. The summed E-state index contributed by atoms with van der Waals surface area (Å²) >= 11 is 0. The van der Waals surface area contributed by atoms with E-state index in [1.54, 1.807) is 0 Å².